The lowest BCUT2D eigenvalue weighted by molar-refractivity contribution is -0.00118. The van der Waals surface area contributed by atoms with E-state index in [4.69, 9.17) is 21.1 Å². The molecule has 0 spiro atoms. The molecule has 5 nitrogen and oxygen atoms in total. The van der Waals surface area contributed by atoms with Crippen molar-refractivity contribution in [1.82, 2.24) is 9.55 Å². The van der Waals surface area contributed by atoms with Crippen LogP contribution in [0.5, 0.6) is 0 Å². The summed E-state index contributed by atoms with van der Waals surface area (Å²) in [5.41, 5.74) is 3.18. The Labute approximate surface area is 134 Å². The van der Waals surface area contributed by atoms with E-state index in [9.17, 15) is 0 Å². The van der Waals surface area contributed by atoms with Crippen molar-refractivity contribution in [3.05, 3.63) is 23.5 Å². The van der Waals surface area contributed by atoms with Gasteiger partial charge in [0.15, 0.2) is 0 Å². The Morgan fingerprint density at radius 2 is 2.23 bits per heavy atom. The molecule has 0 bridgehead atoms. The van der Waals surface area contributed by atoms with Crippen LogP contribution in [0.1, 0.15) is 6.42 Å². The molecule has 2 saturated heterocycles. The Morgan fingerprint density at radius 3 is 3.05 bits per heavy atom. The minimum Gasteiger partial charge on any atom is -0.381 e. The molecule has 1 aromatic carbocycles. The van der Waals surface area contributed by atoms with Crippen molar-refractivity contribution in [2.75, 3.05) is 37.8 Å². The lowest BCUT2D eigenvalue weighted by Crippen LogP contribution is -2.46. The molecule has 2 aliphatic heterocycles. The van der Waals surface area contributed by atoms with Crippen LogP contribution in [0.2, 0.25) is 5.28 Å². The summed E-state index contributed by atoms with van der Waals surface area (Å²) in [5, 5.41) is 0.524. The molecule has 2 aromatic rings. The van der Waals surface area contributed by atoms with Crippen LogP contribution in [-0.2, 0) is 16.5 Å². The van der Waals surface area contributed by atoms with Gasteiger partial charge in [-0.05, 0) is 30.2 Å². The van der Waals surface area contributed by atoms with Gasteiger partial charge >= 0.3 is 0 Å². The molecule has 118 valence electrons. The lowest BCUT2D eigenvalue weighted by Gasteiger charge is -2.36. The number of ether oxygens (including phenoxy) is 2. The average Bonchev–Trinajstić information content (AvgIpc) is 3.17. The first kappa shape index (κ1) is 14.3. The number of imidazole rings is 1. The van der Waals surface area contributed by atoms with Crippen molar-refractivity contribution in [3.8, 4) is 0 Å². The van der Waals surface area contributed by atoms with E-state index in [-0.39, 0.29) is 6.10 Å². The molecule has 1 aromatic heterocycles. The molecule has 22 heavy (non-hydrogen) atoms. The van der Waals surface area contributed by atoms with Gasteiger partial charge < -0.3 is 18.9 Å². The predicted molar refractivity (Wildman–Crippen MR) is 86.6 cm³/mol. The van der Waals surface area contributed by atoms with Gasteiger partial charge in [0.2, 0.25) is 5.28 Å². The van der Waals surface area contributed by atoms with Crippen LogP contribution in [0.4, 0.5) is 5.69 Å². The molecule has 2 unspecified atom stereocenters. The smallest absolute Gasteiger partial charge is 0.203 e. The summed E-state index contributed by atoms with van der Waals surface area (Å²) in [7, 11) is 1.94. The number of morpholine rings is 1. The third-order valence-corrected chi connectivity index (χ3v) is 5.10. The fourth-order valence-electron chi connectivity index (χ4n) is 3.45. The monoisotopic (exact) mass is 321 g/mol. The van der Waals surface area contributed by atoms with Gasteiger partial charge in [0, 0.05) is 32.7 Å². The van der Waals surface area contributed by atoms with Crippen LogP contribution < -0.4 is 4.90 Å². The van der Waals surface area contributed by atoms with E-state index in [1.165, 1.54) is 0 Å². The number of anilines is 1. The highest BCUT2D eigenvalue weighted by molar-refractivity contribution is 6.29. The molecule has 2 aliphatic rings. The maximum absolute atomic E-state index is 6.19. The minimum absolute atomic E-state index is 0.241. The van der Waals surface area contributed by atoms with Gasteiger partial charge in [0.1, 0.15) is 5.52 Å². The molecule has 4 rings (SSSR count). The highest BCUT2D eigenvalue weighted by atomic mass is 35.5. The van der Waals surface area contributed by atoms with E-state index < -0.39 is 0 Å². The van der Waals surface area contributed by atoms with Crippen LogP contribution in [0.15, 0.2) is 18.2 Å². The number of aryl methyl sites for hydroxylation is 1. The van der Waals surface area contributed by atoms with E-state index in [2.05, 4.69) is 28.1 Å². The summed E-state index contributed by atoms with van der Waals surface area (Å²) in [6, 6.07) is 6.25. The SMILES string of the molecule is Cn1c(Cl)nc2c(N3CCOC(C4CCOC4)C3)cccc21. The fraction of sp³-hybridized carbons (Fsp3) is 0.562. The van der Waals surface area contributed by atoms with Crippen LogP contribution in [0.3, 0.4) is 0 Å². The molecular weight excluding hydrogens is 302 g/mol. The zero-order chi connectivity index (χ0) is 15.1. The topological polar surface area (TPSA) is 39.5 Å². The first-order valence-electron chi connectivity index (χ1n) is 7.79. The minimum atomic E-state index is 0.241. The Hall–Kier alpha value is -1.30. The summed E-state index contributed by atoms with van der Waals surface area (Å²) in [4.78, 5) is 6.90. The van der Waals surface area contributed by atoms with Crippen molar-refractivity contribution in [2.24, 2.45) is 13.0 Å². The van der Waals surface area contributed by atoms with E-state index in [1.807, 2.05) is 11.6 Å². The molecule has 0 N–H and O–H groups in total. The van der Waals surface area contributed by atoms with E-state index in [1.54, 1.807) is 0 Å². The summed E-state index contributed by atoms with van der Waals surface area (Å²) in [5.74, 6) is 0.509. The molecule has 0 saturated carbocycles. The van der Waals surface area contributed by atoms with Gasteiger partial charge in [0.25, 0.3) is 0 Å². The Bertz CT molecular complexity index is 681. The van der Waals surface area contributed by atoms with Crippen LogP contribution >= 0.6 is 11.6 Å². The largest absolute Gasteiger partial charge is 0.381 e. The zero-order valence-electron chi connectivity index (χ0n) is 12.7. The number of nitrogens with zero attached hydrogens (tertiary/aromatic N) is 3. The molecule has 3 heterocycles. The number of hydrogen-bond donors (Lipinski definition) is 0. The third-order valence-electron chi connectivity index (χ3n) is 4.76. The normalized spacial score (nSPS) is 26.0. The second-order valence-electron chi connectivity index (χ2n) is 6.06. The van der Waals surface area contributed by atoms with Gasteiger partial charge in [0.05, 0.1) is 30.5 Å². The molecule has 2 atom stereocenters. The van der Waals surface area contributed by atoms with E-state index >= 15 is 0 Å². The maximum atomic E-state index is 6.19. The van der Waals surface area contributed by atoms with Crippen LogP contribution in [0, 0.1) is 5.92 Å². The average molecular weight is 322 g/mol. The highest BCUT2D eigenvalue weighted by Crippen LogP contribution is 2.31. The van der Waals surface area contributed by atoms with Gasteiger partial charge in [-0.3, -0.25) is 0 Å². The van der Waals surface area contributed by atoms with Crippen molar-refractivity contribution in [1.29, 1.82) is 0 Å². The molecule has 0 amide bonds. The number of para-hydroxylation sites is 1. The van der Waals surface area contributed by atoms with Crippen molar-refractivity contribution < 1.29 is 9.47 Å². The molecule has 2 fully saturated rings. The van der Waals surface area contributed by atoms with Gasteiger partial charge in [-0.2, -0.15) is 0 Å². The van der Waals surface area contributed by atoms with Crippen molar-refractivity contribution in [3.63, 3.8) is 0 Å². The van der Waals surface area contributed by atoms with Crippen LogP contribution in [0.25, 0.3) is 11.0 Å². The van der Waals surface area contributed by atoms with Gasteiger partial charge in [-0.1, -0.05) is 6.07 Å². The second-order valence-corrected chi connectivity index (χ2v) is 6.40. The number of benzene rings is 1. The van der Waals surface area contributed by atoms with E-state index in [0.717, 1.165) is 56.1 Å². The second kappa shape index (κ2) is 5.72. The first-order valence-corrected chi connectivity index (χ1v) is 8.17. The number of aromatic nitrogens is 2. The quantitative estimate of drug-likeness (QED) is 0.852. The van der Waals surface area contributed by atoms with Crippen LogP contribution in [-0.4, -0.2) is 48.6 Å². The number of hydrogen-bond acceptors (Lipinski definition) is 4. The van der Waals surface area contributed by atoms with E-state index in [0.29, 0.717) is 11.2 Å². The first-order chi connectivity index (χ1) is 10.7. The molecule has 0 aliphatic carbocycles. The summed E-state index contributed by atoms with van der Waals surface area (Å²) in [6.45, 7) is 4.20. The molecule has 6 heteroatoms. The Morgan fingerprint density at radius 1 is 1.32 bits per heavy atom. The standard InChI is InChI=1S/C16H20ClN3O2/c1-19-12-3-2-4-13(15(12)18-16(19)17)20-6-8-22-14(9-20)11-5-7-21-10-11/h2-4,11,14H,5-10H2,1H3. The van der Waals surface area contributed by atoms with Crippen molar-refractivity contribution >= 4 is 28.3 Å². The Balaban J connectivity index is 1.65. The highest BCUT2D eigenvalue weighted by Gasteiger charge is 2.31. The number of fused-ring (bicyclic) bond motifs is 1. The number of rotatable bonds is 2. The molecule has 0 radical (unpaired) electrons. The van der Waals surface area contributed by atoms with Gasteiger partial charge in [-0.15, -0.1) is 0 Å². The maximum Gasteiger partial charge on any atom is 0.203 e. The predicted octanol–water partition coefficient (Wildman–Crippen LogP) is 2.47. The summed E-state index contributed by atoms with van der Waals surface area (Å²) < 4.78 is 13.4. The lowest BCUT2D eigenvalue weighted by atomic mass is 10.00. The summed E-state index contributed by atoms with van der Waals surface area (Å²) in [6.07, 6.45) is 1.34. The zero-order valence-corrected chi connectivity index (χ0v) is 13.4. The molecular formula is C16H20ClN3O2. The Kier molecular flexibility index (Phi) is 3.72. The van der Waals surface area contributed by atoms with Crippen molar-refractivity contribution in [2.45, 2.75) is 12.5 Å². The van der Waals surface area contributed by atoms with Gasteiger partial charge in [-0.25, -0.2) is 4.98 Å². The third kappa shape index (κ3) is 2.37. The summed E-state index contributed by atoms with van der Waals surface area (Å²) >= 11 is 6.19. The number of halogens is 1. The fourth-order valence-corrected chi connectivity index (χ4v) is 3.63.